The zero-order valence-corrected chi connectivity index (χ0v) is 13.2. The number of anilines is 1. The zero-order chi connectivity index (χ0) is 17.4. The van der Waals surface area contributed by atoms with Crippen LogP contribution in [0.5, 0.6) is 0 Å². The van der Waals surface area contributed by atoms with Crippen LogP contribution in [0.1, 0.15) is 12.2 Å². The molecule has 1 atom stereocenters. The number of benzene rings is 1. The van der Waals surface area contributed by atoms with Crippen LogP contribution in [0.4, 0.5) is 5.69 Å². The summed E-state index contributed by atoms with van der Waals surface area (Å²) in [5, 5.41) is 2.78. The maximum Gasteiger partial charge on any atom is 0.417 e. The third-order valence-electron chi connectivity index (χ3n) is 4.20. The lowest BCUT2D eigenvalue weighted by Crippen LogP contribution is -2.27. The summed E-state index contributed by atoms with van der Waals surface area (Å²) in [6.45, 7) is 0.702. The molecule has 0 aliphatic carbocycles. The van der Waals surface area contributed by atoms with Crippen molar-refractivity contribution in [3.8, 4) is 0 Å². The van der Waals surface area contributed by atoms with E-state index in [4.69, 9.17) is 8.83 Å². The van der Waals surface area contributed by atoms with Gasteiger partial charge >= 0.3 is 5.76 Å². The lowest BCUT2D eigenvalue weighted by atomic mass is 10.1. The van der Waals surface area contributed by atoms with Gasteiger partial charge in [0.1, 0.15) is 5.76 Å². The SMILES string of the molecule is O=C(Nc1ccc2oc(=O)[nH]c2c1)C1CC(=O)N(Cc2ccco2)C1. The van der Waals surface area contributed by atoms with Crippen molar-refractivity contribution >= 4 is 28.6 Å². The van der Waals surface area contributed by atoms with Gasteiger partial charge in [-0.1, -0.05) is 0 Å². The molecule has 128 valence electrons. The number of nitrogens with zero attached hydrogens (tertiary/aromatic N) is 1. The van der Waals surface area contributed by atoms with Gasteiger partial charge in [-0.3, -0.25) is 14.6 Å². The average Bonchev–Trinajstić information content (AvgIpc) is 3.28. The zero-order valence-electron chi connectivity index (χ0n) is 13.2. The third kappa shape index (κ3) is 3.06. The highest BCUT2D eigenvalue weighted by Crippen LogP contribution is 2.23. The van der Waals surface area contributed by atoms with Gasteiger partial charge in [-0.15, -0.1) is 0 Å². The molecular weight excluding hydrogens is 326 g/mol. The molecule has 4 rings (SSSR count). The predicted octanol–water partition coefficient (Wildman–Crippen LogP) is 1.70. The average molecular weight is 341 g/mol. The molecule has 0 bridgehead atoms. The Hall–Kier alpha value is -3.29. The lowest BCUT2D eigenvalue weighted by Gasteiger charge is -2.15. The Kier molecular flexibility index (Phi) is 3.64. The molecule has 1 unspecified atom stereocenters. The quantitative estimate of drug-likeness (QED) is 0.751. The Morgan fingerprint density at radius 2 is 2.20 bits per heavy atom. The first-order valence-electron chi connectivity index (χ1n) is 7.82. The normalized spacial score (nSPS) is 17.4. The van der Waals surface area contributed by atoms with E-state index in [1.807, 2.05) is 0 Å². The highest BCUT2D eigenvalue weighted by molar-refractivity contribution is 5.98. The summed E-state index contributed by atoms with van der Waals surface area (Å²) >= 11 is 0. The van der Waals surface area contributed by atoms with Gasteiger partial charge < -0.3 is 19.1 Å². The van der Waals surface area contributed by atoms with Gasteiger partial charge in [0.15, 0.2) is 5.58 Å². The molecule has 0 spiro atoms. The Labute approximate surface area is 141 Å². The number of likely N-dealkylation sites (tertiary alicyclic amines) is 1. The molecule has 1 aliphatic rings. The molecule has 3 aromatic rings. The first-order chi connectivity index (χ1) is 12.1. The van der Waals surface area contributed by atoms with Crippen molar-refractivity contribution in [3.05, 3.63) is 52.9 Å². The fraction of sp³-hybridized carbons (Fsp3) is 0.235. The molecule has 25 heavy (non-hydrogen) atoms. The first kappa shape index (κ1) is 15.3. The van der Waals surface area contributed by atoms with E-state index in [1.165, 1.54) is 0 Å². The van der Waals surface area contributed by atoms with Crippen LogP contribution in [0, 0.1) is 5.92 Å². The Morgan fingerprint density at radius 1 is 1.32 bits per heavy atom. The number of H-pyrrole nitrogens is 1. The van der Waals surface area contributed by atoms with Gasteiger partial charge in [0.25, 0.3) is 0 Å². The van der Waals surface area contributed by atoms with E-state index in [0.717, 1.165) is 0 Å². The van der Waals surface area contributed by atoms with Crippen LogP contribution in [-0.4, -0.2) is 28.2 Å². The van der Waals surface area contributed by atoms with E-state index in [1.54, 1.807) is 41.5 Å². The van der Waals surface area contributed by atoms with Crippen LogP contribution < -0.4 is 11.1 Å². The van der Waals surface area contributed by atoms with Gasteiger partial charge in [-0.2, -0.15) is 0 Å². The minimum atomic E-state index is -0.548. The monoisotopic (exact) mass is 341 g/mol. The van der Waals surface area contributed by atoms with Gasteiger partial charge in [0.05, 0.1) is 24.2 Å². The second-order valence-corrected chi connectivity index (χ2v) is 5.97. The molecule has 0 radical (unpaired) electrons. The fourth-order valence-electron chi connectivity index (χ4n) is 2.97. The highest BCUT2D eigenvalue weighted by Gasteiger charge is 2.34. The predicted molar refractivity (Wildman–Crippen MR) is 87.7 cm³/mol. The minimum absolute atomic E-state index is 0.0776. The standard InChI is InChI=1S/C17H15N3O5/c21-15-6-10(8-20(15)9-12-2-1-5-24-12)16(22)18-11-3-4-14-13(7-11)19-17(23)25-14/h1-5,7,10H,6,8-9H2,(H,18,22)(H,19,23). The fourth-order valence-corrected chi connectivity index (χ4v) is 2.97. The van der Waals surface area contributed by atoms with E-state index in [9.17, 15) is 14.4 Å². The maximum absolute atomic E-state index is 12.4. The molecule has 2 amide bonds. The summed E-state index contributed by atoms with van der Waals surface area (Å²) in [6, 6.07) is 8.42. The van der Waals surface area contributed by atoms with E-state index in [2.05, 4.69) is 10.3 Å². The molecular formula is C17H15N3O5. The van der Waals surface area contributed by atoms with Crippen LogP contribution in [0.15, 0.2) is 50.2 Å². The number of fused-ring (bicyclic) bond motifs is 1. The van der Waals surface area contributed by atoms with Crippen LogP contribution in [0.25, 0.3) is 11.1 Å². The van der Waals surface area contributed by atoms with Gasteiger partial charge in [-0.25, -0.2) is 4.79 Å². The molecule has 3 heterocycles. The number of carbonyl (C=O) groups excluding carboxylic acids is 2. The summed E-state index contributed by atoms with van der Waals surface area (Å²) in [7, 11) is 0. The third-order valence-corrected chi connectivity index (χ3v) is 4.20. The Morgan fingerprint density at radius 3 is 3.00 bits per heavy atom. The second kappa shape index (κ2) is 5.97. The Bertz CT molecular complexity index is 985. The maximum atomic E-state index is 12.4. The summed E-state index contributed by atoms with van der Waals surface area (Å²) in [4.78, 5) is 39.9. The van der Waals surface area contributed by atoms with E-state index in [0.29, 0.717) is 35.6 Å². The van der Waals surface area contributed by atoms with Gasteiger partial charge in [0.2, 0.25) is 11.8 Å². The molecule has 2 N–H and O–H groups in total. The topological polar surface area (TPSA) is 109 Å². The van der Waals surface area contributed by atoms with Crippen molar-refractivity contribution in [1.82, 2.24) is 9.88 Å². The molecule has 0 saturated carbocycles. The smallest absolute Gasteiger partial charge is 0.417 e. The molecule has 1 saturated heterocycles. The highest BCUT2D eigenvalue weighted by atomic mass is 16.4. The van der Waals surface area contributed by atoms with Crippen molar-refractivity contribution in [3.63, 3.8) is 0 Å². The van der Waals surface area contributed by atoms with Crippen molar-refractivity contribution < 1.29 is 18.4 Å². The van der Waals surface area contributed by atoms with Crippen molar-refractivity contribution in [2.24, 2.45) is 5.92 Å². The number of rotatable bonds is 4. The van der Waals surface area contributed by atoms with Crippen LogP contribution >= 0.6 is 0 Å². The number of hydrogen-bond donors (Lipinski definition) is 2. The molecule has 1 aliphatic heterocycles. The molecule has 8 nitrogen and oxygen atoms in total. The Balaban J connectivity index is 1.43. The van der Waals surface area contributed by atoms with E-state index < -0.39 is 11.7 Å². The summed E-state index contributed by atoms with van der Waals surface area (Å²) in [6.07, 6.45) is 1.72. The number of hydrogen-bond acceptors (Lipinski definition) is 5. The summed E-state index contributed by atoms with van der Waals surface area (Å²) in [5.41, 5.74) is 1.46. The van der Waals surface area contributed by atoms with Gasteiger partial charge in [-0.05, 0) is 30.3 Å². The summed E-state index contributed by atoms with van der Waals surface area (Å²) < 4.78 is 10.2. The number of furan rings is 1. The number of carbonyl (C=O) groups is 2. The lowest BCUT2D eigenvalue weighted by molar-refractivity contribution is -0.128. The largest absolute Gasteiger partial charge is 0.467 e. The van der Waals surface area contributed by atoms with Crippen molar-refractivity contribution in [2.75, 3.05) is 11.9 Å². The van der Waals surface area contributed by atoms with Crippen molar-refractivity contribution in [2.45, 2.75) is 13.0 Å². The molecule has 1 aromatic carbocycles. The number of amides is 2. The molecule has 2 aromatic heterocycles. The molecule has 1 fully saturated rings. The first-order valence-corrected chi connectivity index (χ1v) is 7.82. The number of oxazole rings is 1. The number of aromatic amines is 1. The summed E-state index contributed by atoms with van der Waals surface area (Å²) in [5.74, 6) is -0.606. The number of aromatic nitrogens is 1. The van der Waals surface area contributed by atoms with Crippen LogP contribution in [0.3, 0.4) is 0 Å². The molecule has 8 heteroatoms. The second-order valence-electron chi connectivity index (χ2n) is 5.97. The number of nitrogens with one attached hydrogen (secondary N) is 2. The van der Waals surface area contributed by atoms with E-state index >= 15 is 0 Å². The van der Waals surface area contributed by atoms with Crippen LogP contribution in [-0.2, 0) is 16.1 Å². The van der Waals surface area contributed by atoms with Crippen LogP contribution in [0.2, 0.25) is 0 Å². The minimum Gasteiger partial charge on any atom is -0.467 e. The van der Waals surface area contributed by atoms with Crippen molar-refractivity contribution in [1.29, 1.82) is 0 Å². The van der Waals surface area contributed by atoms with E-state index in [-0.39, 0.29) is 18.2 Å². The van der Waals surface area contributed by atoms with Gasteiger partial charge in [0, 0.05) is 18.7 Å².